The molecule has 0 atom stereocenters. The highest BCUT2D eigenvalue weighted by molar-refractivity contribution is 9.10. The largest absolute Gasteiger partial charge is 0.329 e. The van der Waals surface area contributed by atoms with Crippen LogP contribution in [0, 0.1) is 0 Å². The van der Waals surface area contributed by atoms with Crippen LogP contribution >= 0.6 is 15.9 Å². The number of halogens is 1. The lowest BCUT2D eigenvalue weighted by Crippen LogP contribution is -2.35. The maximum Gasteiger partial charge on any atom is 0.329 e. The third-order valence-corrected chi connectivity index (χ3v) is 3.90. The van der Waals surface area contributed by atoms with Gasteiger partial charge >= 0.3 is 11.8 Å². The van der Waals surface area contributed by atoms with Crippen LogP contribution in [-0.4, -0.2) is 42.6 Å². The fraction of sp³-hybridized carbons (Fsp3) is 0.357. The van der Waals surface area contributed by atoms with Gasteiger partial charge in [0.15, 0.2) is 0 Å². The molecule has 0 aromatic heterocycles. The summed E-state index contributed by atoms with van der Waals surface area (Å²) in [6.45, 7) is 1.83. The number of rotatable bonds is 2. The van der Waals surface area contributed by atoms with Crippen molar-refractivity contribution in [3.63, 3.8) is 0 Å². The summed E-state index contributed by atoms with van der Waals surface area (Å²) in [4.78, 5) is 25.7. The number of nitrogens with one attached hydrogen (secondary N) is 2. The minimum atomic E-state index is -0.766. The Morgan fingerprint density at radius 2 is 1.86 bits per heavy atom. The molecule has 0 saturated carbocycles. The van der Waals surface area contributed by atoms with Crippen molar-refractivity contribution in [1.82, 2.24) is 10.3 Å². The average molecular weight is 353 g/mol. The molecule has 2 rings (SSSR count). The Morgan fingerprint density at radius 1 is 1.19 bits per heavy atom. The fourth-order valence-corrected chi connectivity index (χ4v) is 2.29. The van der Waals surface area contributed by atoms with Gasteiger partial charge in [0.2, 0.25) is 0 Å². The molecule has 0 unspecified atom stereocenters. The monoisotopic (exact) mass is 352 g/mol. The quantitative estimate of drug-likeness (QED) is 0.626. The van der Waals surface area contributed by atoms with Crippen molar-refractivity contribution in [2.75, 3.05) is 25.5 Å². The van der Waals surface area contributed by atoms with Crippen LogP contribution in [0.5, 0.6) is 0 Å². The van der Waals surface area contributed by atoms with Gasteiger partial charge in [-0.3, -0.25) is 9.59 Å². The van der Waals surface area contributed by atoms with Gasteiger partial charge in [-0.15, -0.1) is 0 Å². The van der Waals surface area contributed by atoms with Crippen LogP contribution in [0.3, 0.4) is 0 Å². The van der Waals surface area contributed by atoms with Crippen LogP contribution in [0.25, 0.3) is 0 Å². The van der Waals surface area contributed by atoms with Crippen molar-refractivity contribution < 1.29 is 9.59 Å². The van der Waals surface area contributed by atoms with Crippen LogP contribution in [-0.2, 0) is 9.59 Å². The lowest BCUT2D eigenvalue weighted by atomic mass is 10.1. The molecule has 0 bridgehead atoms. The van der Waals surface area contributed by atoms with Crippen molar-refractivity contribution in [3.05, 3.63) is 28.7 Å². The summed E-state index contributed by atoms with van der Waals surface area (Å²) < 4.78 is 0.716. The van der Waals surface area contributed by atoms with Gasteiger partial charge < -0.3 is 10.2 Å². The summed E-state index contributed by atoms with van der Waals surface area (Å²) in [7, 11) is 2.04. The number of nitrogens with zero attached hydrogens (tertiary/aromatic N) is 2. The first-order chi connectivity index (χ1) is 10.1. The first-order valence-corrected chi connectivity index (χ1v) is 7.45. The molecule has 1 fully saturated rings. The highest BCUT2D eigenvalue weighted by Gasteiger charge is 2.16. The maximum atomic E-state index is 11.8. The van der Waals surface area contributed by atoms with Gasteiger partial charge in [0, 0.05) is 36.1 Å². The molecule has 2 amide bonds. The van der Waals surface area contributed by atoms with Crippen LogP contribution in [0.15, 0.2) is 33.8 Å². The number of piperidine rings is 1. The zero-order valence-electron chi connectivity index (χ0n) is 11.7. The van der Waals surface area contributed by atoms with Crippen molar-refractivity contribution in [2.45, 2.75) is 12.8 Å². The van der Waals surface area contributed by atoms with Crippen LogP contribution in [0.2, 0.25) is 0 Å². The average Bonchev–Trinajstić information content (AvgIpc) is 2.48. The highest BCUT2D eigenvalue weighted by atomic mass is 79.9. The Labute approximate surface area is 131 Å². The lowest BCUT2D eigenvalue weighted by Gasteiger charge is -2.22. The van der Waals surface area contributed by atoms with Gasteiger partial charge in [-0.25, -0.2) is 5.43 Å². The summed E-state index contributed by atoms with van der Waals surface area (Å²) >= 11 is 3.30. The van der Waals surface area contributed by atoms with E-state index in [1.807, 2.05) is 13.1 Å². The number of likely N-dealkylation sites (tertiary alicyclic amines) is 1. The number of benzene rings is 1. The first-order valence-electron chi connectivity index (χ1n) is 6.66. The van der Waals surface area contributed by atoms with Crippen LogP contribution in [0.1, 0.15) is 12.8 Å². The second-order valence-corrected chi connectivity index (χ2v) is 5.71. The van der Waals surface area contributed by atoms with Crippen molar-refractivity contribution in [3.8, 4) is 0 Å². The predicted molar refractivity (Wildman–Crippen MR) is 85.1 cm³/mol. The Morgan fingerprint density at radius 3 is 2.52 bits per heavy atom. The van der Waals surface area contributed by atoms with Gasteiger partial charge in [0.25, 0.3) is 0 Å². The Kier molecular flexibility index (Phi) is 5.46. The number of para-hydroxylation sites is 1. The second-order valence-electron chi connectivity index (χ2n) is 4.86. The molecule has 1 aliphatic heterocycles. The van der Waals surface area contributed by atoms with Gasteiger partial charge in [0.05, 0.1) is 5.69 Å². The van der Waals surface area contributed by atoms with E-state index in [2.05, 4.69) is 36.7 Å². The summed E-state index contributed by atoms with van der Waals surface area (Å²) in [5, 5.41) is 6.55. The maximum absolute atomic E-state index is 11.8. The van der Waals surface area contributed by atoms with Crippen LogP contribution < -0.4 is 10.7 Å². The van der Waals surface area contributed by atoms with E-state index in [1.165, 1.54) is 0 Å². The van der Waals surface area contributed by atoms with Crippen molar-refractivity contribution >= 4 is 39.1 Å². The molecule has 1 heterocycles. The molecule has 0 radical (unpaired) electrons. The molecule has 112 valence electrons. The zero-order chi connectivity index (χ0) is 15.2. The number of hydrogen-bond acceptors (Lipinski definition) is 4. The van der Waals surface area contributed by atoms with Crippen molar-refractivity contribution in [2.24, 2.45) is 5.10 Å². The number of carbonyl (C=O) groups excluding carboxylic acids is 2. The summed E-state index contributed by atoms with van der Waals surface area (Å²) in [5.41, 5.74) is 3.77. The molecular weight excluding hydrogens is 336 g/mol. The minimum Gasteiger partial charge on any atom is -0.317 e. The molecule has 1 aromatic rings. The Hall–Kier alpha value is -1.73. The van der Waals surface area contributed by atoms with Gasteiger partial charge in [0.1, 0.15) is 0 Å². The third-order valence-electron chi connectivity index (χ3n) is 3.21. The molecule has 1 aromatic carbocycles. The molecule has 0 aliphatic carbocycles. The standard InChI is InChI=1S/C14H17BrN4O2/c1-19-8-6-10(7-9-19)17-18-14(21)13(20)16-12-5-3-2-4-11(12)15/h2-5H,6-9H2,1H3,(H,16,20)(H,18,21). The van der Waals surface area contributed by atoms with Crippen LogP contribution in [0.4, 0.5) is 5.69 Å². The summed E-state index contributed by atoms with van der Waals surface area (Å²) in [6, 6.07) is 7.09. The highest BCUT2D eigenvalue weighted by Crippen LogP contribution is 2.20. The lowest BCUT2D eigenvalue weighted by molar-refractivity contribution is -0.136. The smallest absolute Gasteiger partial charge is 0.317 e. The summed E-state index contributed by atoms with van der Waals surface area (Å²) in [6.07, 6.45) is 1.62. The zero-order valence-corrected chi connectivity index (χ0v) is 13.3. The van der Waals surface area contributed by atoms with E-state index in [1.54, 1.807) is 18.2 Å². The SMILES string of the molecule is CN1CCC(=NNC(=O)C(=O)Nc2ccccc2Br)CC1. The van der Waals surface area contributed by atoms with Crippen molar-refractivity contribution in [1.29, 1.82) is 0 Å². The van der Waals surface area contributed by atoms with Gasteiger partial charge in [-0.1, -0.05) is 12.1 Å². The number of hydrazone groups is 1. The number of carbonyl (C=O) groups is 2. The second kappa shape index (κ2) is 7.33. The number of anilines is 1. The third kappa shape index (κ3) is 4.64. The summed E-state index contributed by atoms with van der Waals surface area (Å²) in [5.74, 6) is -1.50. The van der Waals surface area contributed by atoms with E-state index in [-0.39, 0.29) is 0 Å². The molecule has 1 saturated heterocycles. The molecule has 0 spiro atoms. The minimum absolute atomic E-state index is 0.546. The molecule has 21 heavy (non-hydrogen) atoms. The van der Waals surface area contributed by atoms with Gasteiger partial charge in [-0.05, 0) is 35.1 Å². The number of amides is 2. The predicted octanol–water partition coefficient (Wildman–Crippen LogP) is 1.59. The first kappa shape index (κ1) is 15.7. The van der Waals surface area contributed by atoms with E-state index in [0.29, 0.717) is 10.2 Å². The molecule has 6 nitrogen and oxygen atoms in total. The van der Waals surface area contributed by atoms with E-state index in [0.717, 1.165) is 31.6 Å². The van der Waals surface area contributed by atoms with E-state index in [4.69, 9.17) is 0 Å². The van der Waals surface area contributed by atoms with E-state index < -0.39 is 11.8 Å². The molecular formula is C14H17BrN4O2. The Bertz CT molecular complexity index is 564. The van der Waals surface area contributed by atoms with E-state index in [9.17, 15) is 9.59 Å². The Balaban J connectivity index is 1.87. The normalized spacial score (nSPS) is 15.4. The number of hydrogen-bond donors (Lipinski definition) is 2. The molecule has 7 heteroatoms. The molecule has 2 N–H and O–H groups in total. The molecule has 1 aliphatic rings. The van der Waals surface area contributed by atoms with E-state index >= 15 is 0 Å². The fourth-order valence-electron chi connectivity index (χ4n) is 1.91. The van der Waals surface area contributed by atoms with Gasteiger partial charge in [-0.2, -0.15) is 5.10 Å². The topological polar surface area (TPSA) is 73.8 Å².